The van der Waals surface area contributed by atoms with E-state index in [1.54, 1.807) is 0 Å². The molecule has 0 aromatic carbocycles. The fourth-order valence-corrected chi connectivity index (χ4v) is 3.45. The Labute approximate surface area is 117 Å². The van der Waals surface area contributed by atoms with Gasteiger partial charge >= 0.3 is 0 Å². The Bertz CT molecular complexity index is 253. The molecule has 3 heteroatoms. The quantitative estimate of drug-likeness (QED) is 0.593. The average Bonchev–Trinajstić information content (AvgIpc) is 2.73. The number of nitrogens with one attached hydrogen (secondary N) is 2. The van der Waals surface area contributed by atoms with Crippen LogP contribution in [0.15, 0.2) is 0 Å². The largest absolute Gasteiger partial charge is 0.355 e. The molecule has 0 aromatic heterocycles. The van der Waals surface area contributed by atoms with Gasteiger partial charge in [-0.05, 0) is 25.7 Å². The zero-order valence-electron chi connectivity index (χ0n) is 12.3. The van der Waals surface area contributed by atoms with Gasteiger partial charge in [-0.3, -0.25) is 4.79 Å². The summed E-state index contributed by atoms with van der Waals surface area (Å²) in [6, 6.07) is 0.689. The lowest BCUT2D eigenvalue weighted by Gasteiger charge is -2.21. The lowest BCUT2D eigenvalue weighted by atomic mass is 9.89. The smallest absolute Gasteiger partial charge is 0.223 e. The molecule has 2 saturated carbocycles. The van der Waals surface area contributed by atoms with Crippen LogP contribution in [0.4, 0.5) is 0 Å². The van der Waals surface area contributed by atoms with Gasteiger partial charge in [-0.25, -0.2) is 0 Å². The first-order chi connectivity index (χ1) is 9.36. The van der Waals surface area contributed by atoms with Crippen LogP contribution in [0.25, 0.3) is 0 Å². The van der Waals surface area contributed by atoms with E-state index in [-0.39, 0.29) is 0 Å². The Balaban J connectivity index is 1.54. The molecule has 0 saturated heterocycles. The Morgan fingerprint density at radius 2 is 1.37 bits per heavy atom. The molecular formula is C16H30N2O. The van der Waals surface area contributed by atoms with Gasteiger partial charge in [-0.1, -0.05) is 44.9 Å². The Kier molecular flexibility index (Phi) is 6.69. The van der Waals surface area contributed by atoms with Crippen molar-refractivity contribution < 1.29 is 4.79 Å². The molecule has 1 amide bonds. The average molecular weight is 266 g/mol. The van der Waals surface area contributed by atoms with Crippen molar-refractivity contribution in [2.75, 3.05) is 13.1 Å². The van der Waals surface area contributed by atoms with Crippen LogP contribution >= 0.6 is 0 Å². The zero-order chi connectivity index (χ0) is 13.3. The fourth-order valence-electron chi connectivity index (χ4n) is 3.45. The van der Waals surface area contributed by atoms with Gasteiger partial charge in [0.2, 0.25) is 5.91 Å². The van der Waals surface area contributed by atoms with Crippen molar-refractivity contribution >= 4 is 5.91 Å². The maximum Gasteiger partial charge on any atom is 0.223 e. The van der Waals surface area contributed by atoms with E-state index in [1.165, 1.54) is 57.8 Å². The summed E-state index contributed by atoms with van der Waals surface area (Å²) in [4.78, 5) is 12.0. The van der Waals surface area contributed by atoms with Crippen LogP contribution in [0.5, 0.6) is 0 Å². The highest BCUT2D eigenvalue weighted by Crippen LogP contribution is 2.23. The van der Waals surface area contributed by atoms with Crippen LogP contribution in [0.2, 0.25) is 0 Å². The first-order valence-electron chi connectivity index (χ1n) is 8.37. The SMILES string of the molecule is O=C(NCCNC1CCCCCC1)C1CCCCC1. The van der Waals surface area contributed by atoms with Gasteiger partial charge in [0.1, 0.15) is 0 Å². The molecule has 0 spiro atoms. The first kappa shape index (κ1) is 14.8. The van der Waals surface area contributed by atoms with E-state index in [0.29, 0.717) is 17.9 Å². The molecule has 0 atom stereocenters. The number of carbonyl (C=O) groups excluding carboxylic acids is 1. The number of hydrogen-bond donors (Lipinski definition) is 2. The van der Waals surface area contributed by atoms with Gasteiger partial charge in [-0.2, -0.15) is 0 Å². The van der Waals surface area contributed by atoms with Crippen LogP contribution in [-0.2, 0) is 4.79 Å². The first-order valence-corrected chi connectivity index (χ1v) is 8.37. The summed E-state index contributed by atoms with van der Waals surface area (Å²) in [5.74, 6) is 0.592. The highest BCUT2D eigenvalue weighted by atomic mass is 16.1. The van der Waals surface area contributed by atoms with E-state index < -0.39 is 0 Å². The van der Waals surface area contributed by atoms with Crippen LogP contribution in [-0.4, -0.2) is 25.0 Å². The van der Waals surface area contributed by atoms with Gasteiger partial charge in [-0.15, -0.1) is 0 Å². The van der Waals surface area contributed by atoms with Crippen molar-refractivity contribution in [3.05, 3.63) is 0 Å². The molecule has 0 bridgehead atoms. The molecule has 110 valence electrons. The third-order valence-electron chi connectivity index (χ3n) is 4.69. The van der Waals surface area contributed by atoms with E-state index in [1.807, 2.05) is 0 Å². The number of carbonyl (C=O) groups is 1. The van der Waals surface area contributed by atoms with Crippen LogP contribution in [0, 0.1) is 5.92 Å². The summed E-state index contributed by atoms with van der Waals surface area (Å²) < 4.78 is 0. The summed E-state index contributed by atoms with van der Waals surface area (Å²) >= 11 is 0. The van der Waals surface area contributed by atoms with Gasteiger partial charge < -0.3 is 10.6 Å². The standard InChI is InChI=1S/C16H30N2O/c19-16(14-8-4-3-5-9-14)18-13-12-17-15-10-6-1-2-7-11-15/h14-15,17H,1-13H2,(H,18,19). The van der Waals surface area contributed by atoms with Crippen LogP contribution in [0.1, 0.15) is 70.6 Å². The molecule has 0 aliphatic heterocycles. The van der Waals surface area contributed by atoms with E-state index >= 15 is 0 Å². The highest BCUT2D eigenvalue weighted by molar-refractivity contribution is 5.78. The third kappa shape index (κ3) is 5.52. The summed E-state index contributed by atoms with van der Waals surface area (Å²) in [5, 5.41) is 6.71. The molecule has 3 nitrogen and oxygen atoms in total. The second-order valence-corrected chi connectivity index (χ2v) is 6.27. The van der Waals surface area contributed by atoms with Crippen molar-refractivity contribution in [1.29, 1.82) is 0 Å². The molecule has 2 N–H and O–H groups in total. The minimum atomic E-state index is 0.294. The fraction of sp³-hybridized carbons (Fsp3) is 0.938. The maximum absolute atomic E-state index is 12.0. The third-order valence-corrected chi connectivity index (χ3v) is 4.69. The highest BCUT2D eigenvalue weighted by Gasteiger charge is 2.20. The normalized spacial score (nSPS) is 22.9. The molecule has 19 heavy (non-hydrogen) atoms. The Morgan fingerprint density at radius 3 is 2.05 bits per heavy atom. The van der Waals surface area contributed by atoms with E-state index in [4.69, 9.17) is 0 Å². The van der Waals surface area contributed by atoms with E-state index in [9.17, 15) is 4.79 Å². The second-order valence-electron chi connectivity index (χ2n) is 6.27. The van der Waals surface area contributed by atoms with Gasteiger partial charge in [0.25, 0.3) is 0 Å². The monoisotopic (exact) mass is 266 g/mol. The molecule has 2 aliphatic carbocycles. The molecule has 0 heterocycles. The maximum atomic E-state index is 12.0. The summed E-state index contributed by atoms with van der Waals surface area (Å²) in [5.41, 5.74) is 0. The molecular weight excluding hydrogens is 236 g/mol. The summed E-state index contributed by atoms with van der Waals surface area (Å²) in [7, 11) is 0. The topological polar surface area (TPSA) is 41.1 Å². The lowest BCUT2D eigenvalue weighted by molar-refractivity contribution is -0.125. The molecule has 0 unspecified atom stereocenters. The van der Waals surface area contributed by atoms with Gasteiger partial charge in [0.15, 0.2) is 0 Å². The van der Waals surface area contributed by atoms with Crippen LogP contribution in [0.3, 0.4) is 0 Å². The Morgan fingerprint density at radius 1 is 0.789 bits per heavy atom. The van der Waals surface area contributed by atoms with Crippen molar-refractivity contribution in [2.45, 2.75) is 76.7 Å². The minimum Gasteiger partial charge on any atom is -0.355 e. The summed E-state index contributed by atoms with van der Waals surface area (Å²) in [6.07, 6.45) is 14.1. The van der Waals surface area contributed by atoms with Crippen molar-refractivity contribution in [2.24, 2.45) is 5.92 Å². The van der Waals surface area contributed by atoms with Crippen molar-refractivity contribution in [3.8, 4) is 0 Å². The van der Waals surface area contributed by atoms with Crippen LogP contribution < -0.4 is 10.6 Å². The second kappa shape index (κ2) is 8.57. The minimum absolute atomic E-state index is 0.294. The molecule has 0 aromatic rings. The van der Waals surface area contributed by atoms with E-state index in [0.717, 1.165) is 25.9 Å². The van der Waals surface area contributed by atoms with E-state index in [2.05, 4.69) is 10.6 Å². The lowest BCUT2D eigenvalue weighted by Crippen LogP contribution is -2.39. The van der Waals surface area contributed by atoms with Gasteiger partial charge in [0, 0.05) is 25.0 Å². The predicted molar refractivity (Wildman–Crippen MR) is 79.1 cm³/mol. The molecule has 0 radical (unpaired) electrons. The molecule has 2 fully saturated rings. The Hall–Kier alpha value is -0.570. The van der Waals surface area contributed by atoms with Crippen molar-refractivity contribution in [1.82, 2.24) is 10.6 Å². The molecule has 2 rings (SSSR count). The number of amides is 1. The zero-order valence-corrected chi connectivity index (χ0v) is 12.3. The van der Waals surface area contributed by atoms with Gasteiger partial charge in [0.05, 0.1) is 0 Å². The van der Waals surface area contributed by atoms with Crippen molar-refractivity contribution in [3.63, 3.8) is 0 Å². The predicted octanol–water partition coefficient (Wildman–Crippen LogP) is 3.00. The summed E-state index contributed by atoms with van der Waals surface area (Å²) in [6.45, 7) is 1.73. The molecule has 2 aliphatic rings. The number of hydrogen-bond acceptors (Lipinski definition) is 2. The number of rotatable bonds is 5.